The van der Waals surface area contributed by atoms with Gasteiger partial charge < -0.3 is 39.4 Å². The van der Waals surface area contributed by atoms with Gasteiger partial charge in [0, 0.05) is 24.4 Å². The topological polar surface area (TPSA) is 242 Å². The summed E-state index contributed by atoms with van der Waals surface area (Å²) >= 11 is 0. The Morgan fingerprint density at radius 2 is 1.91 bits per heavy atom. The predicted molar refractivity (Wildman–Crippen MR) is 153 cm³/mol. The van der Waals surface area contributed by atoms with E-state index in [1.54, 1.807) is 14.0 Å². The van der Waals surface area contributed by atoms with Crippen molar-refractivity contribution in [3.8, 4) is 0 Å². The van der Waals surface area contributed by atoms with Crippen molar-refractivity contribution < 1.29 is 56.2 Å². The van der Waals surface area contributed by atoms with Gasteiger partial charge >= 0.3 is 16.1 Å². The van der Waals surface area contributed by atoms with Gasteiger partial charge in [0.25, 0.3) is 5.91 Å². The van der Waals surface area contributed by atoms with Crippen LogP contribution in [-0.4, -0.2) is 109 Å². The second-order valence-corrected chi connectivity index (χ2v) is 12.6. The summed E-state index contributed by atoms with van der Waals surface area (Å²) in [5, 5.41) is 16.4. The molecule has 3 aliphatic rings. The van der Waals surface area contributed by atoms with Gasteiger partial charge in [0.2, 0.25) is 0 Å². The van der Waals surface area contributed by atoms with Crippen molar-refractivity contribution >= 4 is 39.0 Å². The molecular formula is C24H31N8O12P2+. The van der Waals surface area contributed by atoms with Crippen LogP contribution in [-0.2, 0) is 41.4 Å². The van der Waals surface area contributed by atoms with Crippen LogP contribution in [0.4, 0.5) is 5.82 Å². The molecule has 0 radical (unpaired) electrons. The third-order valence-electron chi connectivity index (χ3n) is 7.71. The molecule has 6 rings (SSSR count). The summed E-state index contributed by atoms with van der Waals surface area (Å²) in [6.07, 6.45) is -4.56. The fourth-order valence-corrected chi connectivity index (χ4v) is 7.25. The number of phosphoric ester groups is 1. The summed E-state index contributed by atoms with van der Waals surface area (Å²) in [4.78, 5) is 40.0. The summed E-state index contributed by atoms with van der Waals surface area (Å²) in [6, 6.07) is 0. The highest BCUT2D eigenvalue weighted by Crippen LogP contribution is 2.51. The Labute approximate surface area is 261 Å². The van der Waals surface area contributed by atoms with E-state index in [0.717, 1.165) is 0 Å². The van der Waals surface area contributed by atoms with Crippen LogP contribution in [0.2, 0.25) is 0 Å². The number of amides is 1. The smallest absolute Gasteiger partial charge is 0.387 e. The van der Waals surface area contributed by atoms with Gasteiger partial charge in [-0.15, -0.1) is 9.05 Å². The Morgan fingerprint density at radius 3 is 2.65 bits per heavy atom. The second kappa shape index (κ2) is 13.1. The molecule has 46 heavy (non-hydrogen) atoms. The normalized spacial score (nSPS) is 34.3. The van der Waals surface area contributed by atoms with Crippen molar-refractivity contribution in [3.63, 3.8) is 0 Å². The molecule has 3 aromatic heterocycles. The van der Waals surface area contributed by atoms with E-state index in [9.17, 15) is 23.9 Å². The minimum absolute atomic E-state index is 0.0331. The zero-order valence-corrected chi connectivity index (χ0v) is 26.4. The fraction of sp³-hybridized carbons (Fsp3) is 0.542. The van der Waals surface area contributed by atoms with E-state index in [-0.39, 0.29) is 5.69 Å². The number of nitrogens with zero attached hydrogens (tertiary/aromatic N) is 6. The first-order chi connectivity index (χ1) is 22.1. The van der Waals surface area contributed by atoms with Gasteiger partial charge in [0.05, 0.1) is 19.3 Å². The van der Waals surface area contributed by atoms with Crippen LogP contribution in [0.15, 0.2) is 31.8 Å². The van der Waals surface area contributed by atoms with Crippen LogP contribution in [0, 0.1) is 6.92 Å². The molecule has 3 aromatic rings. The molecule has 6 unspecified atom stereocenters. The first kappa shape index (κ1) is 32.7. The van der Waals surface area contributed by atoms with Gasteiger partial charge in [-0.1, -0.05) is 6.58 Å². The van der Waals surface area contributed by atoms with Crippen LogP contribution in [0.3, 0.4) is 0 Å². The number of aliphatic hydroxyl groups excluding tert-OH is 1. The molecule has 0 aliphatic carbocycles. The monoisotopic (exact) mass is 685 g/mol. The number of phosphoric acid groups is 1. The third kappa shape index (κ3) is 5.98. The number of aromatic nitrogens is 6. The number of nitrogens with one attached hydrogen (secondary N) is 2. The van der Waals surface area contributed by atoms with E-state index in [4.69, 9.17) is 32.3 Å². The van der Waals surface area contributed by atoms with Crippen molar-refractivity contribution in [2.45, 2.75) is 56.0 Å². The number of rotatable bonds is 6. The maximum atomic E-state index is 13.3. The maximum absolute atomic E-state index is 13.3. The molecule has 10 atom stereocenters. The lowest BCUT2D eigenvalue weighted by Crippen LogP contribution is -2.37. The molecule has 6 heterocycles. The summed E-state index contributed by atoms with van der Waals surface area (Å²) in [7, 11) is -4.82. The van der Waals surface area contributed by atoms with E-state index in [1.165, 1.54) is 41.4 Å². The molecular weight excluding hydrogens is 654 g/mol. The Balaban J connectivity index is 1.28. The Hall–Kier alpha value is -3.26. The highest BCUT2D eigenvalue weighted by Gasteiger charge is 2.55. The maximum Gasteiger partial charge on any atom is 0.698 e. The van der Waals surface area contributed by atoms with E-state index in [1.807, 2.05) is 0 Å². The summed E-state index contributed by atoms with van der Waals surface area (Å²) < 4.78 is 69.0. The lowest BCUT2D eigenvalue weighted by molar-refractivity contribution is -0.0630. The number of ether oxygens (including phenoxy) is 3. The minimum Gasteiger partial charge on any atom is -0.387 e. The summed E-state index contributed by atoms with van der Waals surface area (Å²) in [6.45, 7) is 3.92. The molecule has 22 heteroatoms. The predicted octanol–water partition coefficient (Wildman–Crippen LogP) is 0.692. The molecule has 0 aromatic carbocycles. The molecule has 3 fully saturated rings. The number of aliphatic hydroxyl groups is 1. The first-order valence-electron chi connectivity index (χ1n) is 13.8. The Morgan fingerprint density at radius 1 is 1.15 bits per heavy atom. The number of imidazole rings is 2. The highest BCUT2D eigenvalue weighted by atomic mass is 31.2. The van der Waals surface area contributed by atoms with E-state index in [0.29, 0.717) is 22.7 Å². The van der Waals surface area contributed by atoms with E-state index >= 15 is 0 Å². The third-order valence-corrected chi connectivity index (χ3v) is 9.47. The quantitative estimate of drug-likeness (QED) is 0.261. The van der Waals surface area contributed by atoms with Crippen molar-refractivity contribution in [2.75, 3.05) is 32.7 Å². The lowest BCUT2D eigenvalue weighted by atomic mass is 10.1. The molecule has 3 aliphatic heterocycles. The van der Waals surface area contributed by atoms with E-state index < -0.39 is 84.3 Å². The van der Waals surface area contributed by atoms with Gasteiger partial charge in [-0.2, -0.15) is 0 Å². The number of fused-ring (bicyclic) bond motifs is 4. The summed E-state index contributed by atoms with van der Waals surface area (Å²) in [5.74, 6) is -0.0887. The average molecular weight is 686 g/mol. The molecule has 3 saturated heterocycles. The van der Waals surface area contributed by atoms with Gasteiger partial charge in [-0.05, 0) is 13.1 Å². The van der Waals surface area contributed by atoms with Crippen molar-refractivity contribution in [3.05, 3.63) is 43.1 Å². The molecule has 2 bridgehead atoms. The van der Waals surface area contributed by atoms with Crippen molar-refractivity contribution in [1.29, 1.82) is 0 Å². The van der Waals surface area contributed by atoms with Gasteiger partial charge in [-0.3, -0.25) is 18.4 Å². The second-order valence-electron chi connectivity index (χ2n) is 10.3. The van der Waals surface area contributed by atoms with Crippen molar-refractivity contribution in [1.82, 2.24) is 34.4 Å². The molecule has 20 nitrogen and oxygen atoms in total. The number of carbonyl (C=O) groups excluding carboxylic acids is 1. The molecule has 4 N–H and O–H groups in total. The first-order valence-corrected chi connectivity index (χ1v) is 16.4. The standard InChI is InChI=1S/C24H30N8O12P2/c1-5-26-22(34)14-11(2)31(9-29-14)23-18-16(33)12(41-23)7-40-46(36,37)44-17-13(6-39-45(35)43-18)42-24(19(17)38-4)32-10-30-15-20(25-3)27-8-28-21(15)32/h5,8-10,12-13,16-19,23-24,33H,1,6-7H2,2-4H3,(H2-,25,26,27,28,34,36,37)/p+1/t12?,13?,16-,17-,18-,19-,23?,24?/m1/s1. The van der Waals surface area contributed by atoms with Gasteiger partial charge in [-0.25, -0.2) is 24.5 Å². The van der Waals surface area contributed by atoms with Crippen LogP contribution in [0.5, 0.6) is 0 Å². The van der Waals surface area contributed by atoms with Crippen molar-refractivity contribution in [2.24, 2.45) is 0 Å². The molecule has 0 saturated carbocycles. The number of carbonyl (C=O) groups is 1. The number of hydrogen-bond donors (Lipinski definition) is 4. The largest absolute Gasteiger partial charge is 0.698 e. The Bertz CT molecular complexity index is 1690. The number of hydrogen-bond acceptors (Lipinski definition) is 16. The van der Waals surface area contributed by atoms with Crippen LogP contribution >= 0.6 is 16.1 Å². The molecule has 1 amide bonds. The number of anilines is 1. The van der Waals surface area contributed by atoms with Crippen LogP contribution < -0.4 is 10.6 Å². The number of methoxy groups -OCH3 is 1. The van der Waals surface area contributed by atoms with Crippen LogP contribution in [0.1, 0.15) is 28.6 Å². The molecule has 248 valence electrons. The van der Waals surface area contributed by atoms with Crippen LogP contribution in [0.25, 0.3) is 11.2 Å². The average Bonchev–Trinajstić information content (AvgIpc) is 3.78. The zero-order chi connectivity index (χ0) is 32.7. The summed E-state index contributed by atoms with van der Waals surface area (Å²) in [5.41, 5.74) is 1.15. The Kier molecular flexibility index (Phi) is 9.30. The SMILES string of the molecule is C=CNC(=O)c1ncn(C2OC3COP(=O)(O)O[C@@H]4C(CO[P+](=O)O[C@@H]2[C@@H]3O)OC(n2cnc3c(NC)ncnc32)[C@@H]4OC)c1C. The minimum atomic E-state index is -4.89. The van der Waals surface area contributed by atoms with E-state index in [2.05, 4.69) is 37.1 Å². The van der Waals surface area contributed by atoms with Gasteiger partial charge in [0.15, 0.2) is 30.0 Å². The highest BCUT2D eigenvalue weighted by molar-refractivity contribution is 7.47. The zero-order valence-electron chi connectivity index (χ0n) is 24.6. The lowest BCUT2D eigenvalue weighted by Gasteiger charge is -2.25. The fourth-order valence-electron chi connectivity index (χ4n) is 5.54. The van der Waals surface area contributed by atoms with Gasteiger partial charge in [0.1, 0.15) is 54.7 Å². The molecule has 0 spiro atoms.